The van der Waals surface area contributed by atoms with Gasteiger partial charge in [0.25, 0.3) is 0 Å². The number of rotatable bonds is 5. The first-order valence-electron chi connectivity index (χ1n) is 7.17. The Morgan fingerprint density at radius 3 is 2.72 bits per heavy atom. The maximum absolute atomic E-state index is 10.4. The number of hydrogen-bond donors (Lipinski definition) is 2. The average molecular weight is 247 g/mol. The van der Waals surface area contributed by atoms with Crippen molar-refractivity contribution < 1.29 is 5.11 Å². The first-order chi connectivity index (χ1) is 8.68. The van der Waals surface area contributed by atoms with Gasteiger partial charge in [0, 0.05) is 6.54 Å². The zero-order chi connectivity index (χ0) is 12.8. The Bertz CT molecular complexity index is 369. The fourth-order valence-corrected chi connectivity index (χ4v) is 2.81. The lowest BCUT2D eigenvalue weighted by atomic mass is 9.85. The minimum Gasteiger partial charge on any atom is -0.389 e. The Hall–Kier alpha value is -0.860. The molecule has 0 saturated heterocycles. The van der Waals surface area contributed by atoms with E-state index in [9.17, 15) is 5.11 Å². The molecule has 0 aliphatic heterocycles. The lowest BCUT2D eigenvalue weighted by molar-refractivity contribution is 0.00517. The summed E-state index contributed by atoms with van der Waals surface area (Å²) in [7, 11) is 0. The van der Waals surface area contributed by atoms with Crippen LogP contribution in [0.5, 0.6) is 0 Å². The number of aryl methyl sites for hydroxylation is 1. The minimum absolute atomic E-state index is 0.440. The van der Waals surface area contributed by atoms with E-state index in [1.807, 2.05) is 0 Å². The van der Waals surface area contributed by atoms with E-state index < -0.39 is 5.60 Å². The lowest BCUT2D eigenvalue weighted by Gasteiger charge is -2.32. The van der Waals surface area contributed by atoms with Crippen LogP contribution in [0.3, 0.4) is 0 Å². The zero-order valence-electron chi connectivity index (χ0n) is 11.4. The van der Waals surface area contributed by atoms with Crippen LogP contribution in [0.4, 0.5) is 0 Å². The van der Waals surface area contributed by atoms with Crippen molar-refractivity contribution in [1.29, 1.82) is 0 Å². The lowest BCUT2D eigenvalue weighted by Crippen LogP contribution is -2.42. The van der Waals surface area contributed by atoms with Gasteiger partial charge in [0.15, 0.2) is 0 Å². The Balaban J connectivity index is 1.69. The van der Waals surface area contributed by atoms with Crippen molar-refractivity contribution in [2.24, 2.45) is 0 Å². The largest absolute Gasteiger partial charge is 0.389 e. The number of aliphatic hydroxyl groups is 1. The SMILES string of the molecule is Cc1cccc(CCNCC2(O)CCCCC2)c1. The molecule has 1 aliphatic carbocycles. The van der Waals surface area contributed by atoms with Gasteiger partial charge in [-0.15, -0.1) is 0 Å². The Kier molecular flexibility index (Phi) is 4.79. The molecular formula is C16H25NO. The standard InChI is InChI=1S/C16H25NO/c1-14-6-5-7-15(12-14)8-11-17-13-16(18)9-3-2-4-10-16/h5-7,12,17-18H,2-4,8-11,13H2,1H3. The van der Waals surface area contributed by atoms with E-state index in [1.54, 1.807) is 0 Å². The van der Waals surface area contributed by atoms with Crippen molar-refractivity contribution in [2.75, 3.05) is 13.1 Å². The zero-order valence-corrected chi connectivity index (χ0v) is 11.4. The molecule has 0 aromatic heterocycles. The van der Waals surface area contributed by atoms with Crippen molar-refractivity contribution >= 4 is 0 Å². The molecular weight excluding hydrogens is 222 g/mol. The highest BCUT2D eigenvalue weighted by molar-refractivity contribution is 5.22. The average Bonchev–Trinajstić information content (AvgIpc) is 2.36. The highest BCUT2D eigenvalue weighted by Crippen LogP contribution is 2.27. The maximum Gasteiger partial charge on any atom is 0.0771 e. The summed E-state index contributed by atoms with van der Waals surface area (Å²) in [6, 6.07) is 8.64. The van der Waals surface area contributed by atoms with Gasteiger partial charge < -0.3 is 10.4 Å². The third-order valence-electron chi connectivity index (χ3n) is 3.91. The smallest absolute Gasteiger partial charge is 0.0771 e. The Morgan fingerprint density at radius 2 is 2.00 bits per heavy atom. The number of benzene rings is 1. The van der Waals surface area contributed by atoms with Gasteiger partial charge in [0.1, 0.15) is 0 Å². The van der Waals surface area contributed by atoms with Crippen molar-refractivity contribution in [3.8, 4) is 0 Å². The van der Waals surface area contributed by atoms with E-state index in [2.05, 4.69) is 36.5 Å². The number of hydrogen-bond acceptors (Lipinski definition) is 2. The molecule has 0 unspecified atom stereocenters. The topological polar surface area (TPSA) is 32.3 Å². The molecule has 0 atom stereocenters. The second-order valence-electron chi connectivity index (χ2n) is 5.70. The molecule has 1 aliphatic rings. The molecule has 100 valence electrons. The highest BCUT2D eigenvalue weighted by atomic mass is 16.3. The molecule has 1 aromatic rings. The molecule has 0 heterocycles. The van der Waals surface area contributed by atoms with Gasteiger partial charge in [-0.2, -0.15) is 0 Å². The molecule has 0 bridgehead atoms. The van der Waals surface area contributed by atoms with Crippen LogP contribution in [0.1, 0.15) is 43.2 Å². The van der Waals surface area contributed by atoms with Crippen LogP contribution in [-0.2, 0) is 6.42 Å². The molecule has 2 N–H and O–H groups in total. The van der Waals surface area contributed by atoms with Crippen molar-refractivity contribution in [3.63, 3.8) is 0 Å². The van der Waals surface area contributed by atoms with Crippen LogP contribution >= 0.6 is 0 Å². The minimum atomic E-state index is -0.440. The van der Waals surface area contributed by atoms with Gasteiger partial charge in [-0.1, -0.05) is 49.1 Å². The first kappa shape index (κ1) is 13.6. The summed E-state index contributed by atoms with van der Waals surface area (Å²) in [6.45, 7) is 3.83. The molecule has 0 amide bonds. The summed E-state index contributed by atoms with van der Waals surface area (Å²) < 4.78 is 0. The predicted molar refractivity (Wildman–Crippen MR) is 75.8 cm³/mol. The van der Waals surface area contributed by atoms with Gasteiger partial charge in [-0.05, 0) is 38.3 Å². The van der Waals surface area contributed by atoms with E-state index in [4.69, 9.17) is 0 Å². The van der Waals surface area contributed by atoms with E-state index in [0.29, 0.717) is 0 Å². The molecule has 2 heteroatoms. The predicted octanol–water partition coefficient (Wildman–Crippen LogP) is 2.82. The molecule has 2 rings (SSSR count). The normalized spacial score (nSPS) is 18.8. The monoisotopic (exact) mass is 247 g/mol. The first-order valence-corrected chi connectivity index (χ1v) is 7.17. The van der Waals surface area contributed by atoms with Gasteiger partial charge in [-0.25, -0.2) is 0 Å². The van der Waals surface area contributed by atoms with Crippen molar-refractivity contribution in [3.05, 3.63) is 35.4 Å². The third-order valence-corrected chi connectivity index (χ3v) is 3.91. The molecule has 1 saturated carbocycles. The van der Waals surface area contributed by atoms with Crippen LogP contribution in [-0.4, -0.2) is 23.8 Å². The molecule has 0 spiro atoms. The summed E-state index contributed by atoms with van der Waals surface area (Å²) >= 11 is 0. The van der Waals surface area contributed by atoms with Gasteiger partial charge in [0.2, 0.25) is 0 Å². The highest BCUT2D eigenvalue weighted by Gasteiger charge is 2.28. The summed E-state index contributed by atoms with van der Waals surface area (Å²) in [4.78, 5) is 0. The van der Waals surface area contributed by atoms with E-state index in [0.717, 1.165) is 32.4 Å². The van der Waals surface area contributed by atoms with E-state index >= 15 is 0 Å². The molecule has 1 aromatic carbocycles. The summed E-state index contributed by atoms with van der Waals surface area (Å²) in [6.07, 6.45) is 6.60. The van der Waals surface area contributed by atoms with Gasteiger partial charge >= 0.3 is 0 Å². The molecule has 1 fully saturated rings. The van der Waals surface area contributed by atoms with Crippen LogP contribution in [0.2, 0.25) is 0 Å². The van der Waals surface area contributed by atoms with Crippen molar-refractivity contribution in [2.45, 2.75) is 51.0 Å². The fourth-order valence-electron chi connectivity index (χ4n) is 2.81. The summed E-state index contributed by atoms with van der Waals surface area (Å²) in [5, 5.41) is 13.8. The third kappa shape index (κ3) is 4.11. The Labute approximate surface area is 110 Å². The van der Waals surface area contributed by atoms with Crippen LogP contribution in [0, 0.1) is 6.92 Å². The summed E-state index contributed by atoms with van der Waals surface area (Å²) in [5.41, 5.74) is 2.25. The van der Waals surface area contributed by atoms with Gasteiger partial charge in [-0.3, -0.25) is 0 Å². The molecule has 0 radical (unpaired) electrons. The molecule has 18 heavy (non-hydrogen) atoms. The van der Waals surface area contributed by atoms with Crippen LogP contribution < -0.4 is 5.32 Å². The second kappa shape index (κ2) is 6.35. The van der Waals surface area contributed by atoms with Gasteiger partial charge in [0.05, 0.1) is 5.60 Å². The van der Waals surface area contributed by atoms with E-state index in [1.165, 1.54) is 30.4 Å². The number of nitrogens with one attached hydrogen (secondary N) is 1. The van der Waals surface area contributed by atoms with Crippen LogP contribution in [0.15, 0.2) is 24.3 Å². The fraction of sp³-hybridized carbons (Fsp3) is 0.625. The van der Waals surface area contributed by atoms with Crippen molar-refractivity contribution in [1.82, 2.24) is 5.32 Å². The quantitative estimate of drug-likeness (QED) is 0.784. The maximum atomic E-state index is 10.4. The van der Waals surface area contributed by atoms with Crippen LogP contribution in [0.25, 0.3) is 0 Å². The second-order valence-corrected chi connectivity index (χ2v) is 5.70. The van der Waals surface area contributed by atoms with E-state index in [-0.39, 0.29) is 0 Å². The Morgan fingerprint density at radius 1 is 1.22 bits per heavy atom. The summed E-state index contributed by atoms with van der Waals surface area (Å²) in [5.74, 6) is 0. The molecule has 2 nitrogen and oxygen atoms in total.